The fourth-order valence-electron chi connectivity index (χ4n) is 1.46. The molecule has 1 aliphatic heterocycles. The van der Waals surface area contributed by atoms with E-state index in [1.807, 2.05) is 0 Å². The Kier molecular flexibility index (Phi) is 2.74. The van der Waals surface area contributed by atoms with Crippen LogP contribution < -0.4 is 4.90 Å². The number of aromatic nitrogens is 1. The molecule has 0 unspecified atom stereocenters. The van der Waals surface area contributed by atoms with E-state index in [-0.39, 0.29) is 10.7 Å². The molecule has 0 N–H and O–H groups in total. The molecule has 0 saturated carbocycles. The third kappa shape index (κ3) is 1.64. The molecular weight excluding hydrogens is 267 g/mol. The highest BCUT2D eigenvalue weighted by atomic mass is 79.9. The molecule has 14 heavy (non-hydrogen) atoms. The number of rotatable bonds is 1. The first-order valence-electron chi connectivity index (χ1n) is 4.26. The Hall–Kier alpha value is -0.610. The number of alkyl halides is 1. The minimum Gasteiger partial charge on any atom is -0.309 e. The van der Waals surface area contributed by atoms with Crippen LogP contribution in [0.2, 0.25) is 5.15 Å². The van der Waals surface area contributed by atoms with Crippen LogP contribution in [0.4, 0.5) is 5.69 Å². The van der Waals surface area contributed by atoms with Gasteiger partial charge in [0.15, 0.2) is 5.15 Å². The maximum Gasteiger partial charge on any atom is 0.240 e. The number of hydrogen-bond acceptors (Lipinski definition) is 2. The molecule has 1 aliphatic rings. The second-order valence-electron chi connectivity index (χ2n) is 3.06. The van der Waals surface area contributed by atoms with E-state index >= 15 is 0 Å². The standard InChI is InChI=1S/C9H8BrClN2O/c10-6-3-5-13(9(6)14)7-2-1-4-12-8(7)11/h1-2,4,6H,3,5H2/t6-/m0/s1. The summed E-state index contributed by atoms with van der Waals surface area (Å²) < 4.78 is 0. The van der Waals surface area contributed by atoms with Crippen molar-refractivity contribution in [2.45, 2.75) is 11.2 Å². The van der Waals surface area contributed by atoms with Crippen molar-refractivity contribution < 1.29 is 4.79 Å². The van der Waals surface area contributed by atoms with Gasteiger partial charge in [-0.1, -0.05) is 27.5 Å². The van der Waals surface area contributed by atoms with Crippen molar-refractivity contribution in [3.05, 3.63) is 23.5 Å². The predicted octanol–water partition coefficient (Wildman–Crippen LogP) is 2.24. The number of nitrogens with zero attached hydrogens (tertiary/aromatic N) is 2. The van der Waals surface area contributed by atoms with Crippen LogP contribution in [0.15, 0.2) is 18.3 Å². The third-order valence-electron chi connectivity index (χ3n) is 2.17. The minimum atomic E-state index is -0.0845. The van der Waals surface area contributed by atoms with Gasteiger partial charge in [0.05, 0.1) is 10.5 Å². The van der Waals surface area contributed by atoms with E-state index in [0.717, 1.165) is 6.42 Å². The van der Waals surface area contributed by atoms with Crippen molar-refractivity contribution in [2.75, 3.05) is 11.4 Å². The number of halogens is 2. The van der Waals surface area contributed by atoms with Crippen molar-refractivity contribution in [1.29, 1.82) is 0 Å². The second kappa shape index (κ2) is 3.87. The maximum atomic E-state index is 11.7. The van der Waals surface area contributed by atoms with Gasteiger partial charge < -0.3 is 4.90 Å². The molecule has 2 rings (SSSR count). The van der Waals surface area contributed by atoms with E-state index in [0.29, 0.717) is 17.4 Å². The van der Waals surface area contributed by atoms with Crippen LogP contribution in [-0.2, 0) is 4.79 Å². The molecule has 1 fully saturated rings. The lowest BCUT2D eigenvalue weighted by Crippen LogP contribution is -2.27. The third-order valence-corrected chi connectivity index (χ3v) is 3.31. The van der Waals surface area contributed by atoms with E-state index in [4.69, 9.17) is 11.6 Å². The molecular formula is C9H8BrClN2O. The van der Waals surface area contributed by atoms with Crippen LogP contribution in [0.1, 0.15) is 6.42 Å². The van der Waals surface area contributed by atoms with E-state index in [2.05, 4.69) is 20.9 Å². The summed E-state index contributed by atoms with van der Waals surface area (Å²) in [5.41, 5.74) is 0.695. The molecule has 0 aliphatic carbocycles. The molecule has 1 aromatic rings. The Balaban J connectivity index is 2.33. The minimum absolute atomic E-state index is 0.0555. The van der Waals surface area contributed by atoms with Gasteiger partial charge in [0.2, 0.25) is 5.91 Å². The van der Waals surface area contributed by atoms with Crippen LogP contribution >= 0.6 is 27.5 Å². The largest absolute Gasteiger partial charge is 0.309 e. The molecule has 1 atom stereocenters. The highest BCUT2D eigenvalue weighted by Gasteiger charge is 2.31. The van der Waals surface area contributed by atoms with Gasteiger partial charge in [-0.2, -0.15) is 0 Å². The number of carbonyl (C=O) groups is 1. The van der Waals surface area contributed by atoms with Crippen molar-refractivity contribution >= 4 is 39.1 Å². The van der Waals surface area contributed by atoms with Crippen LogP contribution in [0.3, 0.4) is 0 Å². The molecule has 0 spiro atoms. The molecule has 0 aromatic carbocycles. The van der Waals surface area contributed by atoms with Gasteiger partial charge in [-0.05, 0) is 18.6 Å². The van der Waals surface area contributed by atoms with Gasteiger partial charge in [-0.25, -0.2) is 4.98 Å². The Morgan fingerprint density at radius 3 is 3.00 bits per heavy atom. The van der Waals surface area contributed by atoms with Crippen LogP contribution in [0.5, 0.6) is 0 Å². The van der Waals surface area contributed by atoms with Gasteiger partial charge in [0, 0.05) is 12.7 Å². The highest BCUT2D eigenvalue weighted by Crippen LogP contribution is 2.29. The number of carbonyl (C=O) groups excluding carboxylic acids is 1. The number of pyridine rings is 1. The molecule has 0 radical (unpaired) electrons. The SMILES string of the molecule is O=C1[C@@H](Br)CCN1c1cccnc1Cl. The summed E-state index contributed by atoms with van der Waals surface area (Å²) >= 11 is 9.21. The van der Waals surface area contributed by atoms with Gasteiger partial charge in [-0.3, -0.25) is 4.79 Å². The quantitative estimate of drug-likeness (QED) is 0.582. The van der Waals surface area contributed by atoms with Crippen molar-refractivity contribution in [1.82, 2.24) is 4.98 Å². The monoisotopic (exact) mass is 274 g/mol. The predicted molar refractivity (Wildman–Crippen MR) is 58.9 cm³/mol. The first kappa shape index (κ1) is 9.93. The highest BCUT2D eigenvalue weighted by molar-refractivity contribution is 9.10. The zero-order valence-electron chi connectivity index (χ0n) is 7.28. The first-order valence-corrected chi connectivity index (χ1v) is 5.55. The zero-order chi connectivity index (χ0) is 10.1. The van der Waals surface area contributed by atoms with Gasteiger partial charge in [-0.15, -0.1) is 0 Å². The van der Waals surface area contributed by atoms with Crippen LogP contribution in [0, 0.1) is 0 Å². The lowest BCUT2D eigenvalue weighted by Gasteiger charge is -2.16. The Labute approximate surface area is 95.2 Å². The summed E-state index contributed by atoms with van der Waals surface area (Å²) in [5.74, 6) is 0.0555. The second-order valence-corrected chi connectivity index (χ2v) is 4.52. The van der Waals surface area contributed by atoms with Crippen LogP contribution in [-0.4, -0.2) is 22.3 Å². The topological polar surface area (TPSA) is 33.2 Å². The lowest BCUT2D eigenvalue weighted by molar-refractivity contribution is -0.116. The molecule has 2 heterocycles. The fraction of sp³-hybridized carbons (Fsp3) is 0.333. The van der Waals surface area contributed by atoms with Crippen LogP contribution in [0.25, 0.3) is 0 Å². The Morgan fingerprint density at radius 1 is 1.64 bits per heavy atom. The Bertz CT molecular complexity index is 372. The van der Waals surface area contributed by atoms with E-state index in [1.54, 1.807) is 23.2 Å². The van der Waals surface area contributed by atoms with E-state index in [9.17, 15) is 4.79 Å². The van der Waals surface area contributed by atoms with E-state index in [1.165, 1.54) is 0 Å². The van der Waals surface area contributed by atoms with Gasteiger partial charge >= 0.3 is 0 Å². The summed E-state index contributed by atoms with van der Waals surface area (Å²) in [7, 11) is 0. The summed E-state index contributed by atoms with van der Waals surface area (Å²) in [6.07, 6.45) is 2.42. The zero-order valence-corrected chi connectivity index (χ0v) is 9.62. The van der Waals surface area contributed by atoms with Crippen molar-refractivity contribution in [2.24, 2.45) is 0 Å². The average molecular weight is 276 g/mol. The summed E-state index contributed by atoms with van der Waals surface area (Å²) in [6, 6.07) is 3.58. The molecule has 1 amide bonds. The average Bonchev–Trinajstić information content (AvgIpc) is 2.49. The van der Waals surface area contributed by atoms with E-state index < -0.39 is 0 Å². The molecule has 5 heteroatoms. The smallest absolute Gasteiger partial charge is 0.240 e. The van der Waals surface area contributed by atoms with Gasteiger partial charge in [0.1, 0.15) is 0 Å². The number of amides is 1. The van der Waals surface area contributed by atoms with Gasteiger partial charge in [0.25, 0.3) is 0 Å². The number of anilines is 1. The lowest BCUT2D eigenvalue weighted by atomic mass is 10.4. The maximum absolute atomic E-state index is 11.7. The summed E-state index contributed by atoms with van der Waals surface area (Å²) in [5, 5.41) is 0.377. The van der Waals surface area contributed by atoms with Crippen molar-refractivity contribution in [3.63, 3.8) is 0 Å². The van der Waals surface area contributed by atoms with Crippen molar-refractivity contribution in [3.8, 4) is 0 Å². The molecule has 1 aromatic heterocycles. The first-order chi connectivity index (χ1) is 6.70. The molecule has 1 saturated heterocycles. The summed E-state index contributed by atoms with van der Waals surface area (Å²) in [6.45, 7) is 0.695. The molecule has 0 bridgehead atoms. The number of hydrogen-bond donors (Lipinski definition) is 0. The molecule has 74 valence electrons. The normalized spacial score (nSPS) is 21.7. The Morgan fingerprint density at radius 2 is 2.43 bits per heavy atom. The molecule has 3 nitrogen and oxygen atoms in total. The fourth-order valence-corrected chi connectivity index (χ4v) is 2.14. The summed E-state index contributed by atoms with van der Waals surface area (Å²) in [4.78, 5) is 17.2.